The molecule has 1 heterocycles. The van der Waals surface area contributed by atoms with Crippen molar-refractivity contribution in [1.82, 2.24) is 4.98 Å². The van der Waals surface area contributed by atoms with Gasteiger partial charge in [0.25, 0.3) is 0 Å². The molecule has 1 aromatic rings. The highest BCUT2D eigenvalue weighted by Crippen LogP contribution is 2.21. The lowest BCUT2D eigenvalue weighted by Gasteiger charge is -2.04. The second-order valence-corrected chi connectivity index (χ2v) is 5.33. The minimum atomic E-state index is -0.132. The van der Waals surface area contributed by atoms with Gasteiger partial charge in [0.2, 0.25) is 5.91 Å². The molecular weight excluding hydrogens is 264 g/mol. The van der Waals surface area contributed by atoms with Gasteiger partial charge in [0.05, 0.1) is 10.5 Å². The third-order valence-electron chi connectivity index (χ3n) is 1.90. The van der Waals surface area contributed by atoms with Crippen LogP contribution in [0.25, 0.3) is 0 Å². The number of anilines is 1. The maximum Gasteiger partial charge on any atom is 0.239 e. The molecule has 14 heavy (non-hydrogen) atoms. The number of aromatic nitrogens is 1. The smallest absolute Gasteiger partial charge is 0.239 e. The van der Waals surface area contributed by atoms with Crippen molar-refractivity contribution in [3.05, 3.63) is 10.6 Å². The number of thiazole rings is 1. The van der Waals surface area contributed by atoms with E-state index < -0.39 is 0 Å². The molecule has 1 unspecified atom stereocenters. The van der Waals surface area contributed by atoms with Gasteiger partial charge < -0.3 is 5.32 Å². The normalized spacial score (nSPS) is 12.6. The van der Waals surface area contributed by atoms with Gasteiger partial charge in [-0.25, -0.2) is 4.98 Å². The maximum absolute atomic E-state index is 11.5. The SMILES string of the molecule is CCC(Br)C(=O)Nc1nc(C)c(C)s1. The summed E-state index contributed by atoms with van der Waals surface area (Å²) in [6.07, 6.45) is 0.773. The van der Waals surface area contributed by atoms with Crippen LogP contribution in [0.5, 0.6) is 0 Å². The molecule has 0 aromatic carbocycles. The topological polar surface area (TPSA) is 42.0 Å². The lowest BCUT2D eigenvalue weighted by atomic mass is 10.3. The maximum atomic E-state index is 11.5. The average molecular weight is 277 g/mol. The van der Waals surface area contributed by atoms with Gasteiger partial charge in [0.1, 0.15) is 0 Å². The van der Waals surface area contributed by atoms with Crippen LogP contribution in [0.4, 0.5) is 5.13 Å². The number of halogens is 1. The van der Waals surface area contributed by atoms with Gasteiger partial charge in [-0.1, -0.05) is 22.9 Å². The van der Waals surface area contributed by atoms with Crippen LogP contribution >= 0.6 is 27.3 Å². The molecule has 1 N–H and O–H groups in total. The molecule has 0 saturated heterocycles. The summed E-state index contributed by atoms with van der Waals surface area (Å²) in [7, 11) is 0. The number of amides is 1. The third kappa shape index (κ3) is 2.78. The summed E-state index contributed by atoms with van der Waals surface area (Å²) in [5.41, 5.74) is 0.980. The van der Waals surface area contributed by atoms with Crippen molar-refractivity contribution >= 4 is 38.3 Å². The number of rotatable bonds is 3. The van der Waals surface area contributed by atoms with Crippen LogP contribution in [-0.2, 0) is 4.79 Å². The molecule has 0 saturated carbocycles. The third-order valence-corrected chi connectivity index (χ3v) is 3.95. The molecule has 0 fully saturated rings. The van der Waals surface area contributed by atoms with Crippen LogP contribution in [0.2, 0.25) is 0 Å². The Morgan fingerprint density at radius 3 is 2.71 bits per heavy atom. The number of nitrogens with zero attached hydrogens (tertiary/aromatic N) is 1. The fourth-order valence-corrected chi connectivity index (χ4v) is 1.83. The Bertz CT molecular complexity index is 318. The summed E-state index contributed by atoms with van der Waals surface area (Å²) >= 11 is 4.80. The first kappa shape index (κ1) is 11.7. The summed E-state index contributed by atoms with van der Waals surface area (Å²) in [6.45, 7) is 5.89. The Kier molecular flexibility index (Phi) is 4.07. The number of carbonyl (C=O) groups excluding carboxylic acids is 1. The van der Waals surface area contributed by atoms with E-state index in [2.05, 4.69) is 26.2 Å². The van der Waals surface area contributed by atoms with Crippen molar-refractivity contribution in [3.8, 4) is 0 Å². The predicted molar refractivity (Wildman–Crippen MR) is 63.2 cm³/mol. The van der Waals surface area contributed by atoms with Gasteiger partial charge in [-0.15, -0.1) is 11.3 Å². The predicted octanol–water partition coefficient (Wildman–Crippen LogP) is 2.87. The highest BCUT2D eigenvalue weighted by atomic mass is 79.9. The summed E-state index contributed by atoms with van der Waals surface area (Å²) < 4.78 is 0. The lowest BCUT2D eigenvalue weighted by Crippen LogP contribution is -2.21. The molecule has 0 aliphatic heterocycles. The number of carbonyl (C=O) groups is 1. The molecule has 3 nitrogen and oxygen atoms in total. The zero-order valence-corrected chi connectivity index (χ0v) is 10.8. The molecule has 0 aliphatic rings. The van der Waals surface area contributed by atoms with Crippen molar-refractivity contribution in [2.75, 3.05) is 5.32 Å². The van der Waals surface area contributed by atoms with Crippen LogP contribution in [0, 0.1) is 13.8 Å². The van der Waals surface area contributed by atoms with E-state index in [1.165, 1.54) is 11.3 Å². The van der Waals surface area contributed by atoms with Crippen molar-refractivity contribution in [1.29, 1.82) is 0 Å². The summed E-state index contributed by atoms with van der Waals surface area (Å²) in [5, 5.41) is 3.46. The molecule has 1 amide bonds. The molecule has 0 aliphatic carbocycles. The Balaban J connectivity index is 2.65. The Morgan fingerprint density at radius 2 is 2.29 bits per heavy atom. The van der Waals surface area contributed by atoms with Gasteiger partial charge in [0.15, 0.2) is 5.13 Å². The minimum absolute atomic E-state index is 0.0266. The van der Waals surface area contributed by atoms with E-state index in [0.29, 0.717) is 5.13 Å². The summed E-state index contributed by atoms with van der Waals surface area (Å²) in [4.78, 5) is 16.7. The van der Waals surface area contributed by atoms with E-state index in [9.17, 15) is 4.79 Å². The zero-order chi connectivity index (χ0) is 10.7. The number of aryl methyl sites for hydroxylation is 2. The van der Waals surface area contributed by atoms with Crippen molar-refractivity contribution in [3.63, 3.8) is 0 Å². The first-order valence-corrected chi connectivity index (χ1v) is 6.16. The van der Waals surface area contributed by atoms with Crippen molar-refractivity contribution in [2.24, 2.45) is 0 Å². The first-order valence-electron chi connectivity index (χ1n) is 4.43. The van der Waals surface area contributed by atoms with E-state index in [0.717, 1.165) is 17.0 Å². The van der Waals surface area contributed by atoms with E-state index in [1.807, 2.05) is 20.8 Å². The molecule has 78 valence electrons. The molecule has 1 atom stereocenters. The number of alkyl halides is 1. The van der Waals surface area contributed by atoms with E-state index in [1.54, 1.807) is 0 Å². The largest absolute Gasteiger partial charge is 0.301 e. The molecule has 0 radical (unpaired) electrons. The number of hydrogen-bond donors (Lipinski definition) is 1. The molecule has 0 bridgehead atoms. The fraction of sp³-hybridized carbons (Fsp3) is 0.556. The van der Waals surface area contributed by atoms with Crippen molar-refractivity contribution in [2.45, 2.75) is 32.0 Å². The monoisotopic (exact) mass is 276 g/mol. The van der Waals surface area contributed by atoms with Crippen LogP contribution in [0.3, 0.4) is 0 Å². The fourth-order valence-electron chi connectivity index (χ4n) is 0.895. The van der Waals surface area contributed by atoms with Crippen LogP contribution < -0.4 is 5.32 Å². The number of hydrogen-bond acceptors (Lipinski definition) is 3. The first-order chi connectivity index (χ1) is 6.54. The molecule has 5 heteroatoms. The summed E-state index contributed by atoms with van der Waals surface area (Å²) in [6, 6.07) is 0. The lowest BCUT2D eigenvalue weighted by molar-refractivity contribution is -0.115. The van der Waals surface area contributed by atoms with E-state index >= 15 is 0 Å². The van der Waals surface area contributed by atoms with Gasteiger partial charge in [-0.3, -0.25) is 4.79 Å². The Hall–Kier alpha value is -0.420. The van der Waals surface area contributed by atoms with Crippen molar-refractivity contribution < 1.29 is 4.79 Å². The van der Waals surface area contributed by atoms with Gasteiger partial charge in [-0.05, 0) is 20.3 Å². The highest BCUT2D eigenvalue weighted by Gasteiger charge is 2.14. The van der Waals surface area contributed by atoms with Gasteiger partial charge in [-0.2, -0.15) is 0 Å². The molecule has 1 rings (SSSR count). The molecule has 1 aromatic heterocycles. The average Bonchev–Trinajstić information content (AvgIpc) is 2.44. The van der Waals surface area contributed by atoms with E-state index in [-0.39, 0.29) is 10.7 Å². The zero-order valence-electron chi connectivity index (χ0n) is 8.43. The van der Waals surface area contributed by atoms with Crippen LogP contribution in [-0.4, -0.2) is 15.7 Å². The molecule has 0 spiro atoms. The standard InChI is InChI=1S/C9H13BrN2OS/c1-4-7(10)8(13)12-9-11-5(2)6(3)14-9/h7H,4H2,1-3H3,(H,11,12,13). The number of nitrogens with one attached hydrogen (secondary N) is 1. The molecular formula is C9H13BrN2OS. The Morgan fingerprint density at radius 1 is 1.64 bits per heavy atom. The van der Waals surface area contributed by atoms with Gasteiger partial charge >= 0.3 is 0 Å². The van der Waals surface area contributed by atoms with Crippen LogP contribution in [0.1, 0.15) is 23.9 Å². The highest BCUT2D eigenvalue weighted by molar-refractivity contribution is 9.10. The quantitative estimate of drug-likeness (QED) is 0.863. The minimum Gasteiger partial charge on any atom is -0.301 e. The second-order valence-electron chi connectivity index (χ2n) is 3.03. The second kappa shape index (κ2) is 4.89. The summed E-state index contributed by atoms with van der Waals surface area (Å²) in [5.74, 6) is -0.0266. The van der Waals surface area contributed by atoms with E-state index in [4.69, 9.17) is 0 Å². The van der Waals surface area contributed by atoms with Gasteiger partial charge in [0, 0.05) is 4.88 Å². The van der Waals surface area contributed by atoms with Crippen LogP contribution in [0.15, 0.2) is 0 Å². The Labute approximate surface area is 96.1 Å².